The van der Waals surface area contributed by atoms with Gasteiger partial charge in [0.2, 0.25) is 6.10 Å². The van der Waals surface area contributed by atoms with Crippen LogP contribution in [0.1, 0.15) is 24.5 Å². The number of nitrogens with one attached hydrogen (secondary N) is 1. The molecule has 1 amide bonds. The Labute approximate surface area is 140 Å². The Hall–Kier alpha value is -2.82. The lowest BCUT2D eigenvalue weighted by Crippen LogP contribution is -2.34. The van der Waals surface area contributed by atoms with E-state index < -0.39 is 12.1 Å². The topological polar surface area (TPSA) is 64.6 Å². The predicted octanol–water partition coefficient (Wildman–Crippen LogP) is 2.63. The number of benzene rings is 2. The van der Waals surface area contributed by atoms with Crippen LogP contribution in [0.25, 0.3) is 0 Å². The molecule has 24 heavy (non-hydrogen) atoms. The van der Waals surface area contributed by atoms with Gasteiger partial charge in [-0.2, -0.15) is 0 Å². The van der Waals surface area contributed by atoms with Crippen LogP contribution in [0.5, 0.6) is 5.75 Å². The van der Waals surface area contributed by atoms with Gasteiger partial charge in [-0.25, -0.2) is 4.79 Å². The maximum Gasteiger partial charge on any atom is 0.345 e. The maximum atomic E-state index is 12.4. The van der Waals surface area contributed by atoms with Gasteiger partial charge in [-0.3, -0.25) is 4.79 Å². The monoisotopic (exact) mass is 325 g/mol. The molecule has 1 aliphatic carbocycles. The fourth-order valence-corrected chi connectivity index (χ4v) is 2.23. The molecule has 0 radical (unpaired) electrons. The number of carbonyl (C=O) groups excluding carboxylic acids is 2. The molecule has 0 heterocycles. The normalized spacial score (nSPS) is 14.5. The zero-order chi connectivity index (χ0) is 16.8. The van der Waals surface area contributed by atoms with Gasteiger partial charge in [-0.1, -0.05) is 48.5 Å². The van der Waals surface area contributed by atoms with Gasteiger partial charge in [0.05, 0.1) is 0 Å². The molecular weight excluding hydrogens is 306 g/mol. The van der Waals surface area contributed by atoms with Crippen molar-refractivity contribution in [3.05, 3.63) is 66.2 Å². The van der Waals surface area contributed by atoms with Crippen LogP contribution in [0.15, 0.2) is 60.7 Å². The van der Waals surface area contributed by atoms with Crippen molar-refractivity contribution in [3.8, 4) is 5.75 Å². The molecule has 5 nitrogen and oxygen atoms in total. The van der Waals surface area contributed by atoms with Crippen molar-refractivity contribution in [3.63, 3.8) is 0 Å². The molecule has 5 heteroatoms. The summed E-state index contributed by atoms with van der Waals surface area (Å²) in [5.74, 6) is -0.302. The Balaban J connectivity index is 1.62. The molecule has 0 aromatic heterocycles. The quantitative estimate of drug-likeness (QED) is 0.795. The number of hydrogen-bond donors (Lipinski definition) is 1. The summed E-state index contributed by atoms with van der Waals surface area (Å²) in [6.45, 7) is -0.246. The second-order valence-corrected chi connectivity index (χ2v) is 5.67. The summed E-state index contributed by atoms with van der Waals surface area (Å²) in [5.41, 5.74) is 0.642. The summed E-state index contributed by atoms with van der Waals surface area (Å²) < 4.78 is 10.7. The fraction of sp³-hybridized carbons (Fsp3) is 0.263. The highest BCUT2D eigenvalue weighted by Gasteiger charge is 2.30. The van der Waals surface area contributed by atoms with Gasteiger partial charge in [0.25, 0.3) is 5.91 Å². The van der Waals surface area contributed by atoms with Crippen molar-refractivity contribution in [1.82, 2.24) is 5.32 Å². The molecule has 0 bridgehead atoms. The Morgan fingerprint density at radius 1 is 1.00 bits per heavy atom. The number of para-hydroxylation sites is 1. The highest BCUT2D eigenvalue weighted by molar-refractivity contribution is 5.85. The molecule has 1 aliphatic rings. The Bertz CT molecular complexity index is 683. The van der Waals surface area contributed by atoms with E-state index in [1.807, 2.05) is 24.3 Å². The summed E-state index contributed by atoms with van der Waals surface area (Å²) in [6, 6.07) is 18.2. The average molecular weight is 325 g/mol. The zero-order valence-electron chi connectivity index (χ0n) is 13.2. The highest BCUT2D eigenvalue weighted by atomic mass is 16.6. The smallest absolute Gasteiger partial charge is 0.345 e. The molecule has 3 rings (SSSR count). The second-order valence-electron chi connectivity index (χ2n) is 5.67. The summed E-state index contributed by atoms with van der Waals surface area (Å²) in [7, 11) is 0. The van der Waals surface area contributed by atoms with E-state index in [-0.39, 0.29) is 18.6 Å². The lowest BCUT2D eigenvalue weighted by Gasteiger charge is -2.18. The largest absolute Gasteiger partial charge is 0.482 e. The zero-order valence-corrected chi connectivity index (χ0v) is 13.2. The van der Waals surface area contributed by atoms with Crippen molar-refractivity contribution in [2.45, 2.75) is 25.0 Å². The average Bonchev–Trinajstić information content (AvgIpc) is 3.43. The Morgan fingerprint density at radius 3 is 2.25 bits per heavy atom. The van der Waals surface area contributed by atoms with Crippen LogP contribution < -0.4 is 10.1 Å². The van der Waals surface area contributed by atoms with Gasteiger partial charge in [0.1, 0.15) is 5.75 Å². The molecule has 1 atom stereocenters. The van der Waals surface area contributed by atoms with Crippen molar-refractivity contribution in [1.29, 1.82) is 0 Å². The van der Waals surface area contributed by atoms with E-state index >= 15 is 0 Å². The van der Waals surface area contributed by atoms with Crippen molar-refractivity contribution < 1.29 is 19.1 Å². The Morgan fingerprint density at radius 2 is 1.62 bits per heavy atom. The number of esters is 1. The summed E-state index contributed by atoms with van der Waals surface area (Å²) in [5, 5.41) is 2.87. The molecule has 0 aliphatic heterocycles. The third-order valence-corrected chi connectivity index (χ3v) is 3.61. The van der Waals surface area contributed by atoms with E-state index in [4.69, 9.17) is 9.47 Å². The van der Waals surface area contributed by atoms with Crippen LogP contribution in [0.3, 0.4) is 0 Å². The third kappa shape index (κ3) is 4.59. The van der Waals surface area contributed by atoms with Gasteiger partial charge in [-0.15, -0.1) is 0 Å². The van der Waals surface area contributed by atoms with E-state index in [1.54, 1.807) is 36.4 Å². The van der Waals surface area contributed by atoms with Crippen LogP contribution in [0.4, 0.5) is 0 Å². The van der Waals surface area contributed by atoms with Gasteiger partial charge in [0.15, 0.2) is 6.61 Å². The molecule has 1 fully saturated rings. The minimum Gasteiger partial charge on any atom is -0.482 e. The summed E-state index contributed by atoms with van der Waals surface area (Å²) >= 11 is 0. The first-order valence-electron chi connectivity index (χ1n) is 7.95. The second kappa shape index (κ2) is 7.64. The standard InChI is InChI=1S/C19H19NO4/c21-17(13-23-16-9-5-2-6-10-16)24-18(14-7-3-1-4-8-14)19(22)20-15-11-12-15/h1-10,15,18H,11-13H2,(H,20,22). The summed E-state index contributed by atoms with van der Waals surface area (Å²) in [6.07, 6.45) is 0.982. The number of ether oxygens (including phenoxy) is 2. The van der Waals surface area contributed by atoms with E-state index in [0.717, 1.165) is 12.8 Å². The lowest BCUT2D eigenvalue weighted by molar-refractivity contribution is -0.158. The van der Waals surface area contributed by atoms with Crippen molar-refractivity contribution in [2.75, 3.05) is 6.61 Å². The van der Waals surface area contributed by atoms with E-state index in [1.165, 1.54) is 0 Å². The number of hydrogen-bond acceptors (Lipinski definition) is 4. The van der Waals surface area contributed by atoms with Crippen LogP contribution in [-0.2, 0) is 14.3 Å². The fourth-order valence-electron chi connectivity index (χ4n) is 2.23. The third-order valence-electron chi connectivity index (χ3n) is 3.61. The minimum absolute atomic E-state index is 0.197. The van der Waals surface area contributed by atoms with Crippen LogP contribution in [0, 0.1) is 0 Å². The highest BCUT2D eigenvalue weighted by Crippen LogP contribution is 2.23. The number of rotatable bonds is 7. The van der Waals surface area contributed by atoms with Crippen LogP contribution in [0.2, 0.25) is 0 Å². The first-order valence-corrected chi connectivity index (χ1v) is 7.95. The van der Waals surface area contributed by atoms with Gasteiger partial charge in [-0.05, 0) is 25.0 Å². The number of carbonyl (C=O) groups is 2. The van der Waals surface area contributed by atoms with Crippen LogP contribution in [-0.4, -0.2) is 24.5 Å². The van der Waals surface area contributed by atoms with E-state index in [2.05, 4.69) is 5.32 Å². The summed E-state index contributed by atoms with van der Waals surface area (Å²) in [4.78, 5) is 24.5. The molecular formula is C19H19NO4. The SMILES string of the molecule is O=C(COc1ccccc1)OC(C(=O)NC1CC1)c1ccccc1. The minimum atomic E-state index is -0.960. The van der Waals surface area contributed by atoms with Gasteiger partial charge < -0.3 is 14.8 Å². The van der Waals surface area contributed by atoms with Crippen molar-refractivity contribution in [2.24, 2.45) is 0 Å². The first-order chi connectivity index (χ1) is 11.7. The lowest BCUT2D eigenvalue weighted by atomic mass is 10.1. The van der Waals surface area contributed by atoms with Crippen molar-refractivity contribution >= 4 is 11.9 Å². The molecule has 1 N–H and O–H groups in total. The molecule has 124 valence electrons. The molecule has 1 unspecified atom stereocenters. The van der Waals surface area contributed by atoms with Crippen LogP contribution >= 0.6 is 0 Å². The van der Waals surface area contributed by atoms with E-state index in [0.29, 0.717) is 11.3 Å². The van der Waals surface area contributed by atoms with E-state index in [9.17, 15) is 9.59 Å². The number of amides is 1. The first kappa shape index (κ1) is 16.1. The predicted molar refractivity (Wildman–Crippen MR) is 88.4 cm³/mol. The molecule has 2 aromatic rings. The molecule has 0 saturated heterocycles. The molecule has 0 spiro atoms. The maximum absolute atomic E-state index is 12.4. The van der Waals surface area contributed by atoms with Gasteiger partial charge >= 0.3 is 5.97 Å². The Kier molecular flexibility index (Phi) is 5.11. The van der Waals surface area contributed by atoms with Gasteiger partial charge in [0, 0.05) is 11.6 Å². The molecule has 2 aromatic carbocycles. The molecule has 1 saturated carbocycles.